The van der Waals surface area contributed by atoms with Crippen molar-refractivity contribution in [1.82, 2.24) is 4.98 Å². The number of benzene rings is 1. The molecule has 18 heavy (non-hydrogen) atoms. The van der Waals surface area contributed by atoms with E-state index < -0.39 is 0 Å². The normalized spacial score (nSPS) is 10.7. The van der Waals surface area contributed by atoms with Crippen molar-refractivity contribution in [2.45, 2.75) is 26.2 Å². The molecule has 1 aromatic heterocycles. The maximum absolute atomic E-state index is 5.97. The van der Waals surface area contributed by atoms with Crippen LogP contribution in [-0.2, 0) is 12.4 Å². The van der Waals surface area contributed by atoms with Crippen molar-refractivity contribution in [1.29, 1.82) is 0 Å². The number of aryl methyl sites for hydroxylation is 2. The van der Waals surface area contributed by atoms with E-state index in [1.807, 2.05) is 32.0 Å². The second-order valence-corrected chi connectivity index (χ2v) is 5.87. The summed E-state index contributed by atoms with van der Waals surface area (Å²) in [5.74, 6) is 1.54. The number of rotatable bonds is 4. The minimum atomic E-state index is 0.486. The average Bonchev–Trinajstić information content (AvgIpc) is 2.71. The van der Waals surface area contributed by atoms with Crippen molar-refractivity contribution in [2.75, 3.05) is 0 Å². The zero-order chi connectivity index (χ0) is 13.1. The highest BCUT2D eigenvalue weighted by atomic mass is 35.5. The Morgan fingerprint density at radius 2 is 2.17 bits per heavy atom. The molecule has 2 rings (SSSR count). The fourth-order valence-corrected chi connectivity index (χ4v) is 2.93. The van der Waals surface area contributed by atoms with Gasteiger partial charge in [-0.25, -0.2) is 4.98 Å². The van der Waals surface area contributed by atoms with Crippen LogP contribution in [0, 0.1) is 13.8 Å². The first-order chi connectivity index (χ1) is 8.60. The molecule has 1 heterocycles. The van der Waals surface area contributed by atoms with Crippen LogP contribution in [0.1, 0.15) is 21.1 Å². The number of ether oxygens (including phenoxy) is 1. The van der Waals surface area contributed by atoms with Crippen molar-refractivity contribution in [3.8, 4) is 5.75 Å². The van der Waals surface area contributed by atoms with Gasteiger partial charge in [0.1, 0.15) is 17.4 Å². The number of thiazole rings is 1. The molecule has 2 nitrogen and oxygen atoms in total. The third-order valence-electron chi connectivity index (χ3n) is 2.57. The standard InChI is InChI=1S/C13H14ClNOS2/c1-8-5-10(3-4-11(8)14)16-6-13-15-9(2)12(7-17)18-13/h3-5,17H,6-7H2,1-2H3. The molecule has 96 valence electrons. The molecule has 0 aliphatic heterocycles. The molecule has 5 heteroatoms. The average molecular weight is 300 g/mol. The van der Waals surface area contributed by atoms with Crippen molar-refractivity contribution < 1.29 is 4.74 Å². The number of nitrogens with zero attached hydrogens (tertiary/aromatic N) is 1. The zero-order valence-corrected chi connectivity index (χ0v) is 12.7. The summed E-state index contributed by atoms with van der Waals surface area (Å²) in [4.78, 5) is 5.65. The summed E-state index contributed by atoms with van der Waals surface area (Å²) < 4.78 is 5.71. The lowest BCUT2D eigenvalue weighted by molar-refractivity contribution is 0.305. The molecule has 0 atom stereocenters. The molecular formula is C13H14ClNOS2. The van der Waals surface area contributed by atoms with Gasteiger partial charge in [0.15, 0.2) is 0 Å². The Morgan fingerprint density at radius 1 is 1.39 bits per heavy atom. The number of aromatic nitrogens is 1. The van der Waals surface area contributed by atoms with E-state index in [0.717, 1.165) is 32.8 Å². The van der Waals surface area contributed by atoms with Crippen LogP contribution in [0.15, 0.2) is 18.2 Å². The van der Waals surface area contributed by atoms with Crippen LogP contribution in [0.25, 0.3) is 0 Å². The van der Waals surface area contributed by atoms with E-state index >= 15 is 0 Å². The highest BCUT2D eigenvalue weighted by Gasteiger charge is 2.07. The first-order valence-corrected chi connectivity index (χ1v) is 7.38. The summed E-state index contributed by atoms with van der Waals surface area (Å²) in [6.07, 6.45) is 0. The van der Waals surface area contributed by atoms with E-state index in [0.29, 0.717) is 6.61 Å². The molecule has 0 bridgehead atoms. The van der Waals surface area contributed by atoms with Gasteiger partial charge in [-0.05, 0) is 37.6 Å². The Morgan fingerprint density at radius 3 is 2.78 bits per heavy atom. The van der Waals surface area contributed by atoms with Gasteiger partial charge in [-0.15, -0.1) is 11.3 Å². The van der Waals surface area contributed by atoms with Crippen molar-refractivity contribution in [3.05, 3.63) is 44.4 Å². The van der Waals surface area contributed by atoms with E-state index in [4.69, 9.17) is 16.3 Å². The summed E-state index contributed by atoms with van der Waals surface area (Å²) in [5.41, 5.74) is 2.06. The Hall–Kier alpha value is -0.710. The van der Waals surface area contributed by atoms with Gasteiger partial charge in [-0.3, -0.25) is 0 Å². The Balaban J connectivity index is 2.04. The Bertz CT molecular complexity index is 554. The molecule has 0 fully saturated rings. The lowest BCUT2D eigenvalue weighted by Crippen LogP contribution is -1.95. The van der Waals surface area contributed by atoms with Gasteiger partial charge in [-0.1, -0.05) is 11.6 Å². The lowest BCUT2D eigenvalue weighted by Gasteiger charge is -2.05. The molecule has 0 saturated heterocycles. The second-order valence-electron chi connectivity index (χ2n) is 3.97. The van der Waals surface area contributed by atoms with Crippen LogP contribution in [0.3, 0.4) is 0 Å². The predicted molar refractivity (Wildman–Crippen MR) is 80.1 cm³/mol. The van der Waals surface area contributed by atoms with Gasteiger partial charge in [0.25, 0.3) is 0 Å². The predicted octanol–water partition coefficient (Wildman–Crippen LogP) is 4.42. The maximum atomic E-state index is 5.97. The summed E-state index contributed by atoms with van der Waals surface area (Å²) >= 11 is 11.9. The number of halogens is 1. The van der Waals surface area contributed by atoms with Gasteiger partial charge in [-0.2, -0.15) is 12.6 Å². The number of thiol groups is 1. The van der Waals surface area contributed by atoms with Gasteiger partial charge < -0.3 is 4.74 Å². The molecule has 0 unspecified atom stereocenters. The van der Waals surface area contributed by atoms with Crippen molar-refractivity contribution >= 4 is 35.6 Å². The van der Waals surface area contributed by atoms with Crippen molar-refractivity contribution in [2.24, 2.45) is 0 Å². The van der Waals surface area contributed by atoms with Crippen LogP contribution < -0.4 is 4.74 Å². The monoisotopic (exact) mass is 299 g/mol. The van der Waals surface area contributed by atoms with Crippen LogP contribution >= 0.6 is 35.6 Å². The van der Waals surface area contributed by atoms with E-state index in [2.05, 4.69) is 17.6 Å². The molecule has 0 saturated carbocycles. The fourth-order valence-electron chi connectivity index (χ4n) is 1.55. The molecule has 0 aliphatic carbocycles. The minimum absolute atomic E-state index is 0.486. The van der Waals surface area contributed by atoms with Crippen LogP contribution in [0.5, 0.6) is 5.75 Å². The molecule has 0 aliphatic rings. The highest BCUT2D eigenvalue weighted by Crippen LogP contribution is 2.24. The first kappa shape index (κ1) is 13.7. The van der Waals surface area contributed by atoms with E-state index in [-0.39, 0.29) is 0 Å². The SMILES string of the molecule is Cc1cc(OCc2nc(C)c(CS)s2)ccc1Cl. The number of hydrogen-bond acceptors (Lipinski definition) is 4. The molecule has 0 N–H and O–H groups in total. The van der Waals surface area contributed by atoms with Gasteiger partial charge >= 0.3 is 0 Å². The van der Waals surface area contributed by atoms with E-state index in [1.54, 1.807) is 11.3 Å². The van der Waals surface area contributed by atoms with Gasteiger partial charge in [0, 0.05) is 15.7 Å². The Kier molecular flexibility index (Phi) is 4.54. The first-order valence-electron chi connectivity index (χ1n) is 5.55. The topological polar surface area (TPSA) is 22.1 Å². The molecule has 1 aromatic carbocycles. The minimum Gasteiger partial charge on any atom is -0.486 e. The molecular weight excluding hydrogens is 286 g/mol. The molecule has 0 spiro atoms. The van der Waals surface area contributed by atoms with Gasteiger partial charge in [0.05, 0.1) is 5.69 Å². The highest BCUT2D eigenvalue weighted by molar-refractivity contribution is 7.79. The smallest absolute Gasteiger partial charge is 0.140 e. The molecule has 0 amide bonds. The van der Waals surface area contributed by atoms with E-state index in [1.165, 1.54) is 4.88 Å². The Labute approximate surface area is 121 Å². The van der Waals surface area contributed by atoms with E-state index in [9.17, 15) is 0 Å². The summed E-state index contributed by atoms with van der Waals surface area (Å²) in [7, 11) is 0. The third-order valence-corrected chi connectivity index (χ3v) is 4.66. The lowest BCUT2D eigenvalue weighted by atomic mass is 10.2. The molecule has 2 aromatic rings. The molecule has 0 radical (unpaired) electrons. The fraction of sp³-hybridized carbons (Fsp3) is 0.308. The quantitative estimate of drug-likeness (QED) is 0.844. The van der Waals surface area contributed by atoms with Crippen molar-refractivity contribution in [3.63, 3.8) is 0 Å². The van der Waals surface area contributed by atoms with Gasteiger partial charge in [0.2, 0.25) is 0 Å². The third kappa shape index (κ3) is 3.19. The summed E-state index contributed by atoms with van der Waals surface area (Å²) in [5, 5.41) is 1.73. The summed E-state index contributed by atoms with van der Waals surface area (Å²) in [6, 6.07) is 5.65. The number of hydrogen-bond donors (Lipinski definition) is 1. The maximum Gasteiger partial charge on any atom is 0.140 e. The van der Waals surface area contributed by atoms with Crippen LogP contribution in [0.4, 0.5) is 0 Å². The zero-order valence-electron chi connectivity index (χ0n) is 10.2. The summed E-state index contributed by atoms with van der Waals surface area (Å²) in [6.45, 7) is 4.44. The largest absolute Gasteiger partial charge is 0.486 e. The van der Waals surface area contributed by atoms with Crippen LogP contribution in [-0.4, -0.2) is 4.98 Å². The van der Waals surface area contributed by atoms with Crippen LogP contribution in [0.2, 0.25) is 5.02 Å². The second kappa shape index (κ2) is 5.95.